The van der Waals surface area contributed by atoms with Crippen molar-refractivity contribution in [2.45, 2.75) is 19.0 Å². The van der Waals surface area contributed by atoms with Gasteiger partial charge in [0.1, 0.15) is 13.4 Å². The molecule has 0 saturated heterocycles. The average molecular weight is 234 g/mol. The van der Waals surface area contributed by atoms with Crippen molar-refractivity contribution in [2.75, 3.05) is 7.11 Å². The number of hydrogen-bond acceptors (Lipinski definition) is 3. The van der Waals surface area contributed by atoms with Gasteiger partial charge in [0.05, 0.1) is 0 Å². The van der Waals surface area contributed by atoms with Gasteiger partial charge in [-0.25, -0.2) is 0 Å². The van der Waals surface area contributed by atoms with Crippen LogP contribution in [0.25, 0.3) is 0 Å². The minimum atomic E-state index is -0.358. The highest BCUT2D eigenvalue weighted by atomic mass is 32.1. The first-order valence-corrected chi connectivity index (χ1v) is 5.08. The van der Waals surface area contributed by atoms with Gasteiger partial charge in [0.25, 0.3) is 5.56 Å². The molecule has 4 nitrogen and oxygen atoms in total. The summed E-state index contributed by atoms with van der Waals surface area (Å²) in [4.78, 5) is 13.8. The van der Waals surface area contributed by atoms with Gasteiger partial charge in [0, 0.05) is 25.9 Å². The number of rotatable bonds is 4. The van der Waals surface area contributed by atoms with Crippen LogP contribution in [0.4, 0.5) is 0 Å². The molecule has 0 aliphatic heterocycles. The number of aryl methyl sites for hydroxylation is 1. The van der Waals surface area contributed by atoms with Crippen molar-refractivity contribution in [3.05, 3.63) is 26.9 Å². The van der Waals surface area contributed by atoms with Gasteiger partial charge in [-0.15, -0.1) is 6.42 Å². The van der Waals surface area contributed by atoms with Gasteiger partial charge >= 0.3 is 0 Å². The van der Waals surface area contributed by atoms with Crippen LogP contribution in [-0.2, 0) is 11.3 Å². The molecule has 1 aromatic heterocycles. The molecule has 82 valence electrons. The summed E-state index contributed by atoms with van der Waals surface area (Å²) in [5.74, 6) is 2.29. The monoisotopic (exact) mass is 234 g/mol. The molecule has 16 heavy (non-hydrogen) atoms. The van der Waals surface area contributed by atoms with Gasteiger partial charge in [0.2, 0.25) is 0 Å². The molecule has 1 rings (SSSR count). The van der Waals surface area contributed by atoms with E-state index in [0.717, 1.165) is 0 Å². The fraction of sp³-hybridized carbons (Fsp3) is 0.400. The van der Waals surface area contributed by atoms with Crippen LogP contribution in [-0.4, -0.2) is 30.5 Å². The van der Waals surface area contributed by atoms with E-state index in [1.54, 1.807) is 10.8 Å². The first-order valence-electron chi connectivity index (χ1n) is 4.67. The highest BCUT2D eigenvalue weighted by Gasteiger charge is 2.03. The van der Waals surface area contributed by atoms with E-state index in [2.05, 4.69) is 10.9 Å². The maximum absolute atomic E-state index is 11.3. The molecule has 0 bridgehead atoms. The highest BCUT2D eigenvalue weighted by molar-refractivity contribution is 7.71. The molecule has 0 fully saturated rings. The Labute approximate surface area is 100 Å². The van der Waals surface area contributed by atoms with Crippen LogP contribution in [0, 0.1) is 17.1 Å². The second kappa shape index (κ2) is 5.68. The lowest BCUT2D eigenvalue weighted by molar-refractivity contribution is 0.154. The van der Waals surface area contributed by atoms with Crippen molar-refractivity contribution in [3.63, 3.8) is 0 Å². The smallest absolute Gasteiger partial charge is 0.267 e. The fourth-order valence-electron chi connectivity index (χ4n) is 1.16. The van der Waals surface area contributed by atoms with E-state index in [0.29, 0.717) is 17.7 Å². The number of hydrogen-bond donors (Lipinski definition) is 1. The van der Waals surface area contributed by atoms with Crippen molar-refractivity contribution >= 4 is 20.1 Å². The highest BCUT2D eigenvalue weighted by Crippen LogP contribution is 1.98. The van der Waals surface area contributed by atoms with E-state index in [1.807, 2.05) is 0 Å². The SMILES string of the molecule is [B][C@H](CCn1cc(C#C)c(=O)[nH]c1=S)OC. The predicted octanol–water partition coefficient (Wildman–Crippen LogP) is 0.418. The van der Waals surface area contributed by atoms with Crippen molar-refractivity contribution in [1.82, 2.24) is 9.55 Å². The predicted molar refractivity (Wildman–Crippen MR) is 65.0 cm³/mol. The molecule has 0 aliphatic carbocycles. The number of H-pyrrole nitrogens is 1. The Bertz CT molecular complexity index is 515. The average Bonchev–Trinajstić information content (AvgIpc) is 2.27. The molecule has 1 N–H and O–H groups in total. The molecule has 1 atom stereocenters. The van der Waals surface area contributed by atoms with Crippen LogP contribution in [0.5, 0.6) is 0 Å². The summed E-state index contributed by atoms with van der Waals surface area (Å²) in [5, 5.41) is 0. The van der Waals surface area contributed by atoms with Crippen molar-refractivity contribution < 1.29 is 4.74 Å². The summed E-state index contributed by atoms with van der Waals surface area (Å²) in [6, 6.07) is -0.358. The third kappa shape index (κ3) is 3.09. The summed E-state index contributed by atoms with van der Waals surface area (Å²) in [6.45, 7) is 0.541. The molecular weight excluding hydrogens is 223 g/mol. The molecule has 0 unspecified atom stereocenters. The zero-order chi connectivity index (χ0) is 12.1. The third-order valence-electron chi connectivity index (χ3n) is 2.12. The Morgan fingerprint density at radius 1 is 1.81 bits per heavy atom. The van der Waals surface area contributed by atoms with Gasteiger partial charge in [-0.05, 0) is 18.6 Å². The van der Waals surface area contributed by atoms with Gasteiger partial charge in [-0.2, -0.15) is 0 Å². The van der Waals surface area contributed by atoms with E-state index in [4.69, 9.17) is 31.2 Å². The number of nitrogens with zero attached hydrogens (tertiary/aromatic N) is 1. The molecule has 0 aliphatic rings. The van der Waals surface area contributed by atoms with Crippen LogP contribution >= 0.6 is 12.2 Å². The Morgan fingerprint density at radius 3 is 3.06 bits per heavy atom. The minimum absolute atomic E-state index is 0.250. The zero-order valence-electron chi connectivity index (χ0n) is 8.90. The summed E-state index contributed by atoms with van der Waals surface area (Å²) in [5.41, 5.74) is -0.0978. The van der Waals surface area contributed by atoms with Crippen molar-refractivity contribution in [1.29, 1.82) is 0 Å². The quantitative estimate of drug-likeness (QED) is 0.466. The molecule has 0 amide bonds. The Balaban J connectivity index is 2.94. The first kappa shape index (κ1) is 12.8. The molecule has 1 aromatic rings. The van der Waals surface area contributed by atoms with Crippen molar-refractivity contribution in [3.8, 4) is 12.3 Å². The number of ether oxygens (including phenoxy) is 1. The maximum atomic E-state index is 11.3. The minimum Gasteiger partial charge on any atom is -0.391 e. The molecular formula is C10H11BN2O2S. The van der Waals surface area contributed by atoms with Crippen LogP contribution in [0.15, 0.2) is 11.0 Å². The molecule has 1 heterocycles. The zero-order valence-corrected chi connectivity index (χ0v) is 9.71. The van der Waals surface area contributed by atoms with E-state index < -0.39 is 0 Å². The molecule has 0 aromatic carbocycles. The van der Waals surface area contributed by atoms with Crippen LogP contribution < -0.4 is 5.56 Å². The standard InChI is InChI=1S/C10H11BN2O2S/c1-3-7-6-13(5-4-8(11)15-2)10(16)12-9(7)14/h1,6,8H,4-5H2,2H3,(H,12,14,16)/t8-/m0/s1. The number of terminal acetylenes is 1. The second-order valence-electron chi connectivity index (χ2n) is 3.20. The largest absolute Gasteiger partial charge is 0.391 e. The van der Waals surface area contributed by atoms with E-state index >= 15 is 0 Å². The Morgan fingerprint density at radius 2 is 2.50 bits per heavy atom. The lowest BCUT2D eigenvalue weighted by atomic mass is 9.97. The first-order chi connectivity index (χ1) is 7.58. The number of methoxy groups -OCH3 is 1. The normalized spacial score (nSPS) is 12.0. The van der Waals surface area contributed by atoms with E-state index in [1.165, 1.54) is 7.11 Å². The van der Waals surface area contributed by atoms with Gasteiger partial charge < -0.3 is 9.30 Å². The Kier molecular flexibility index (Phi) is 4.53. The van der Waals surface area contributed by atoms with Crippen LogP contribution in [0.1, 0.15) is 12.0 Å². The van der Waals surface area contributed by atoms with Gasteiger partial charge in [-0.3, -0.25) is 9.78 Å². The van der Waals surface area contributed by atoms with Crippen LogP contribution in [0.3, 0.4) is 0 Å². The van der Waals surface area contributed by atoms with Crippen LogP contribution in [0.2, 0.25) is 0 Å². The lowest BCUT2D eigenvalue weighted by Crippen LogP contribution is -2.19. The summed E-state index contributed by atoms with van der Waals surface area (Å²) in [7, 11) is 7.12. The molecule has 0 saturated carbocycles. The Hall–Kier alpha value is -1.32. The summed E-state index contributed by atoms with van der Waals surface area (Å²) < 4.78 is 6.91. The van der Waals surface area contributed by atoms with Gasteiger partial charge in [-0.1, -0.05) is 5.92 Å². The summed E-state index contributed by atoms with van der Waals surface area (Å²) in [6.07, 6.45) is 7.31. The third-order valence-corrected chi connectivity index (χ3v) is 2.46. The van der Waals surface area contributed by atoms with Gasteiger partial charge in [0.15, 0.2) is 4.77 Å². The summed E-state index contributed by atoms with van der Waals surface area (Å²) >= 11 is 4.99. The maximum Gasteiger partial charge on any atom is 0.267 e. The van der Waals surface area contributed by atoms with E-state index in [9.17, 15) is 4.79 Å². The number of nitrogens with one attached hydrogen (secondary N) is 1. The molecule has 0 spiro atoms. The molecule has 2 radical (unpaired) electrons. The second-order valence-corrected chi connectivity index (χ2v) is 3.59. The molecule has 6 heteroatoms. The fourth-order valence-corrected chi connectivity index (χ4v) is 1.40. The number of aromatic nitrogens is 2. The lowest BCUT2D eigenvalue weighted by Gasteiger charge is -2.11. The van der Waals surface area contributed by atoms with Crippen molar-refractivity contribution in [2.24, 2.45) is 0 Å². The van der Waals surface area contributed by atoms with E-state index in [-0.39, 0.29) is 17.1 Å². The number of aromatic amines is 1. The topological polar surface area (TPSA) is 47.0 Å².